The number of amides is 2. The molecule has 0 unspecified atom stereocenters. The molecule has 5 rings (SSSR count). The van der Waals surface area contributed by atoms with Crippen LogP contribution in [-0.2, 0) is 22.4 Å². The highest BCUT2D eigenvalue weighted by Crippen LogP contribution is 2.42. The Morgan fingerprint density at radius 2 is 1.79 bits per heavy atom. The maximum atomic E-state index is 13.1. The zero-order valence-corrected chi connectivity index (χ0v) is 17.3. The first kappa shape index (κ1) is 18.6. The molecule has 0 N–H and O–H groups in total. The quantitative estimate of drug-likeness (QED) is 0.783. The number of thiophene rings is 1. The van der Waals surface area contributed by atoms with Gasteiger partial charge in [-0.05, 0) is 44.1 Å². The van der Waals surface area contributed by atoms with E-state index in [0.29, 0.717) is 0 Å². The van der Waals surface area contributed by atoms with Gasteiger partial charge in [-0.25, -0.2) is 0 Å². The molecule has 2 amide bonds. The minimum Gasteiger partial charge on any atom is -0.341 e. The number of carbonyl (C=O) groups excluding carboxylic acids is 2. The van der Waals surface area contributed by atoms with E-state index in [-0.39, 0.29) is 24.9 Å². The van der Waals surface area contributed by atoms with E-state index in [4.69, 9.17) is 4.99 Å². The Morgan fingerprint density at radius 3 is 2.59 bits per heavy atom. The third-order valence-corrected chi connectivity index (χ3v) is 7.42. The van der Waals surface area contributed by atoms with E-state index in [1.807, 2.05) is 23.1 Å². The molecule has 2 aliphatic heterocycles. The highest BCUT2D eigenvalue weighted by Gasteiger charge is 2.34. The van der Waals surface area contributed by atoms with Gasteiger partial charge in [0.25, 0.3) is 0 Å². The minimum absolute atomic E-state index is 0.0522. The third-order valence-electron chi connectivity index (χ3n) is 6.11. The molecule has 6 heteroatoms. The minimum atomic E-state index is -0.0803. The Bertz CT molecular complexity index is 974. The summed E-state index contributed by atoms with van der Waals surface area (Å²) in [6, 6.07) is 10.1. The summed E-state index contributed by atoms with van der Waals surface area (Å²) < 4.78 is 0. The normalized spacial score (nSPS) is 18.9. The lowest BCUT2D eigenvalue weighted by molar-refractivity contribution is -0.130. The fourth-order valence-electron chi connectivity index (χ4n) is 4.60. The second-order valence-corrected chi connectivity index (χ2v) is 9.07. The van der Waals surface area contributed by atoms with Gasteiger partial charge in [-0.3, -0.25) is 19.5 Å². The van der Waals surface area contributed by atoms with Crippen molar-refractivity contribution in [2.24, 2.45) is 4.99 Å². The van der Waals surface area contributed by atoms with Crippen molar-refractivity contribution in [3.63, 3.8) is 0 Å². The number of fused-ring (bicyclic) bond motifs is 3. The number of nitrogens with zero attached hydrogens (tertiary/aromatic N) is 3. The monoisotopic (exact) mass is 407 g/mol. The van der Waals surface area contributed by atoms with Crippen molar-refractivity contribution < 1.29 is 9.59 Å². The fourth-order valence-corrected chi connectivity index (χ4v) is 6.01. The summed E-state index contributed by atoms with van der Waals surface area (Å²) in [6.07, 6.45) is 6.54. The van der Waals surface area contributed by atoms with Crippen LogP contribution in [0.25, 0.3) is 0 Å². The summed E-state index contributed by atoms with van der Waals surface area (Å²) in [5, 5.41) is 0.926. The first-order valence-corrected chi connectivity index (χ1v) is 11.4. The fraction of sp³-hybridized carbons (Fsp3) is 0.435. The van der Waals surface area contributed by atoms with E-state index in [1.165, 1.54) is 23.3 Å². The molecule has 29 heavy (non-hydrogen) atoms. The van der Waals surface area contributed by atoms with Gasteiger partial charge in [-0.2, -0.15) is 0 Å². The van der Waals surface area contributed by atoms with Crippen molar-refractivity contribution in [3.8, 4) is 0 Å². The molecule has 2 aromatic rings. The van der Waals surface area contributed by atoms with Gasteiger partial charge < -0.3 is 4.90 Å². The van der Waals surface area contributed by atoms with E-state index in [2.05, 4.69) is 12.1 Å². The van der Waals surface area contributed by atoms with Crippen LogP contribution in [-0.4, -0.2) is 48.6 Å². The predicted octanol–water partition coefficient (Wildman–Crippen LogP) is 3.43. The summed E-state index contributed by atoms with van der Waals surface area (Å²) in [5.41, 5.74) is 4.38. The van der Waals surface area contributed by atoms with Crippen molar-refractivity contribution in [2.45, 2.75) is 38.5 Å². The van der Waals surface area contributed by atoms with Crippen molar-refractivity contribution in [3.05, 3.63) is 51.9 Å². The maximum Gasteiger partial charge on any atom is 0.249 e. The van der Waals surface area contributed by atoms with Gasteiger partial charge in [0.15, 0.2) is 0 Å². The summed E-state index contributed by atoms with van der Waals surface area (Å²) >= 11 is 1.70. The molecule has 150 valence electrons. The molecule has 3 heterocycles. The molecule has 5 nitrogen and oxygen atoms in total. The number of aliphatic imine (C=N–C) groups is 1. The van der Waals surface area contributed by atoms with Gasteiger partial charge in [-0.15, -0.1) is 11.3 Å². The van der Waals surface area contributed by atoms with Crippen LogP contribution in [0.5, 0.6) is 0 Å². The first-order chi connectivity index (χ1) is 14.2. The molecule has 0 radical (unpaired) electrons. The molecule has 1 fully saturated rings. The highest BCUT2D eigenvalue weighted by molar-refractivity contribution is 7.17. The second kappa shape index (κ2) is 7.75. The molecule has 0 bridgehead atoms. The van der Waals surface area contributed by atoms with Crippen LogP contribution in [0.1, 0.15) is 47.3 Å². The van der Waals surface area contributed by atoms with E-state index in [9.17, 15) is 9.59 Å². The summed E-state index contributed by atoms with van der Waals surface area (Å²) in [6.45, 7) is 1.83. The number of hydrogen-bond acceptors (Lipinski definition) is 4. The molecule has 0 saturated carbocycles. The molecule has 0 spiro atoms. The van der Waals surface area contributed by atoms with Crippen LogP contribution in [0.3, 0.4) is 0 Å². The number of rotatable bonds is 3. The average Bonchev–Trinajstić information content (AvgIpc) is 3.39. The summed E-state index contributed by atoms with van der Waals surface area (Å²) in [5.74, 6) is -0.0281. The lowest BCUT2D eigenvalue weighted by Crippen LogP contribution is -2.42. The SMILES string of the molecule is O=C(CN1C(=O)CN=C(c2ccccc2)c2c1sc1c2CCCC1)N1CCCC1. The molecule has 0 atom stereocenters. The van der Waals surface area contributed by atoms with E-state index >= 15 is 0 Å². The Kier molecular flexibility index (Phi) is 4.96. The van der Waals surface area contributed by atoms with E-state index in [1.54, 1.807) is 16.2 Å². The Labute approximate surface area is 175 Å². The number of likely N-dealkylation sites (tertiary alicyclic amines) is 1. The molecule has 3 aliphatic rings. The lowest BCUT2D eigenvalue weighted by atomic mass is 9.91. The number of aryl methyl sites for hydroxylation is 1. The Morgan fingerprint density at radius 1 is 1.03 bits per heavy atom. The van der Waals surface area contributed by atoms with Crippen LogP contribution in [0.2, 0.25) is 0 Å². The average molecular weight is 408 g/mol. The number of hydrogen-bond donors (Lipinski definition) is 0. The van der Waals surface area contributed by atoms with Gasteiger partial charge in [0.1, 0.15) is 18.1 Å². The van der Waals surface area contributed by atoms with E-state index < -0.39 is 0 Å². The molecular formula is C23H25N3O2S. The van der Waals surface area contributed by atoms with Crippen LogP contribution in [0.15, 0.2) is 35.3 Å². The van der Waals surface area contributed by atoms with Crippen LogP contribution >= 0.6 is 11.3 Å². The molecule has 1 saturated heterocycles. The smallest absolute Gasteiger partial charge is 0.249 e. The zero-order chi connectivity index (χ0) is 19.8. The summed E-state index contributed by atoms with van der Waals surface area (Å²) in [4.78, 5) is 35.7. The molecule has 1 aromatic heterocycles. The summed E-state index contributed by atoms with van der Waals surface area (Å²) in [7, 11) is 0. The largest absolute Gasteiger partial charge is 0.341 e. The first-order valence-electron chi connectivity index (χ1n) is 10.6. The molecule has 1 aliphatic carbocycles. The topological polar surface area (TPSA) is 53.0 Å². The van der Waals surface area contributed by atoms with Crippen molar-refractivity contribution in [1.29, 1.82) is 0 Å². The molecule has 1 aromatic carbocycles. The Balaban J connectivity index is 1.59. The van der Waals surface area contributed by atoms with Crippen LogP contribution in [0.4, 0.5) is 5.00 Å². The van der Waals surface area contributed by atoms with Crippen molar-refractivity contribution in [1.82, 2.24) is 4.90 Å². The third kappa shape index (κ3) is 3.39. The van der Waals surface area contributed by atoms with Gasteiger partial charge in [0.05, 0.1) is 5.71 Å². The predicted molar refractivity (Wildman–Crippen MR) is 116 cm³/mol. The van der Waals surface area contributed by atoms with Gasteiger partial charge in [0, 0.05) is 29.1 Å². The second-order valence-electron chi connectivity index (χ2n) is 7.99. The van der Waals surface area contributed by atoms with Gasteiger partial charge >= 0.3 is 0 Å². The number of benzene rings is 1. The van der Waals surface area contributed by atoms with E-state index in [0.717, 1.165) is 60.6 Å². The highest BCUT2D eigenvalue weighted by atomic mass is 32.1. The van der Waals surface area contributed by atoms with Crippen molar-refractivity contribution >= 4 is 33.9 Å². The number of anilines is 1. The van der Waals surface area contributed by atoms with Crippen LogP contribution in [0, 0.1) is 0 Å². The van der Waals surface area contributed by atoms with Gasteiger partial charge in [-0.1, -0.05) is 30.3 Å². The van der Waals surface area contributed by atoms with Crippen LogP contribution < -0.4 is 4.90 Å². The molecular weight excluding hydrogens is 382 g/mol. The van der Waals surface area contributed by atoms with Crippen molar-refractivity contribution in [2.75, 3.05) is 31.1 Å². The standard InChI is InChI=1S/C23H25N3O2S/c27-19-14-24-22(16-8-2-1-3-9-16)21-17-10-4-5-11-18(17)29-23(21)26(19)15-20(28)25-12-6-7-13-25/h1-3,8-9H,4-7,10-15H2. The number of carbonyl (C=O) groups is 2. The van der Waals surface area contributed by atoms with Gasteiger partial charge in [0.2, 0.25) is 11.8 Å². The lowest BCUT2D eigenvalue weighted by Gasteiger charge is -2.23. The Hall–Kier alpha value is -2.47. The maximum absolute atomic E-state index is 13.1. The zero-order valence-electron chi connectivity index (χ0n) is 16.5.